The average molecular weight is 212 g/mol. The van der Waals surface area contributed by atoms with Gasteiger partial charge in [-0.1, -0.05) is 6.07 Å². The van der Waals surface area contributed by atoms with Gasteiger partial charge < -0.3 is 15.9 Å². The van der Waals surface area contributed by atoms with Gasteiger partial charge >= 0.3 is 5.69 Å². The number of nitrogens with zero attached hydrogens (tertiary/aromatic N) is 1. The van der Waals surface area contributed by atoms with Crippen LogP contribution in [0.3, 0.4) is 0 Å². The molecular weight excluding hydrogens is 200 g/mol. The minimum absolute atomic E-state index is 0.0919. The number of phenolic OH excluding ortho intramolecular Hbond substituents is 1. The first-order valence-electron chi connectivity index (χ1n) is 4.39. The fourth-order valence-electron chi connectivity index (χ4n) is 1.20. The van der Waals surface area contributed by atoms with Crippen LogP contribution in [0.15, 0.2) is 18.2 Å². The van der Waals surface area contributed by atoms with Crippen LogP contribution < -0.4 is 5.73 Å². The summed E-state index contributed by atoms with van der Waals surface area (Å²) >= 11 is 0. The van der Waals surface area contributed by atoms with Crippen molar-refractivity contribution in [2.75, 3.05) is 6.54 Å². The highest BCUT2D eigenvalue weighted by Gasteiger charge is 2.14. The van der Waals surface area contributed by atoms with Crippen LogP contribution in [0.5, 0.6) is 5.75 Å². The van der Waals surface area contributed by atoms with Crippen molar-refractivity contribution >= 4 is 5.69 Å². The Balaban J connectivity index is 2.92. The van der Waals surface area contributed by atoms with Crippen molar-refractivity contribution in [3.05, 3.63) is 33.9 Å². The number of nitrogens with two attached hydrogens (primary N) is 1. The van der Waals surface area contributed by atoms with Gasteiger partial charge in [-0.15, -0.1) is 0 Å². The Morgan fingerprint density at radius 3 is 2.73 bits per heavy atom. The van der Waals surface area contributed by atoms with Crippen molar-refractivity contribution in [1.82, 2.24) is 0 Å². The number of rotatable bonds is 4. The van der Waals surface area contributed by atoms with Crippen molar-refractivity contribution in [2.24, 2.45) is 5.73 Å². The molecule has 0 fully saturated rings. The molecule has 6 nitrogen and oxygen atoms in total. The predicted octanol–water partition coefficient (Wildman–Crippen LogP) is 0.162. The minimum atomic E-state index is -0.728. The van der Waals surface area contributed by atoms with E-state index in [1.165, 1.54) is 18.2 Å². The van der Waals surface area contributed by atoms with Crippen LogP contribution in [0.2, 0.25) is 0 Å². The lowest BCUT2D eigenvalue weighted by Crippen LogP contribution is -2.21. The number of aliphatic hydroxyl groups is 1. The zero-order valence-corrected chi connectivity index (χ0v) is 7.96. The number of nitro groups is 1. The third-order valence-corrected chi connectivity index (χ3v) is 1.98. The Morgan fingerprint density at radius 1 is 1.53 bits per heavy atom. The molecule has 15 heavy (non-hydrogen) atoms. The molecule has 1 unspecified atom stereocenters. The summed E-state index contributed by atoms with van der Waals surface area (Å²) in [6.45, 7) is 0.0919. The molecule has 0 saturated heterocycles. The zero-order valence-electron chi connectivity index (χ0n) is 7.96. The molecule has 0 aromatic heterocycles. The molecule has 0 amide bonds. The van der Waals surface area contributed by atoms with Crippen molar-refractivity contribution in [1.29, 1.82) is 0 Å². The Morgan fingerprint density at radius 2 is 2.20 bits per heavy atom. The summed E-state index contributed by atoms with van der Waals surface area (Å²) in [5.74, 6) is -0.383. The predicted molar refractivity (Wildman–Crippen MR) is 53.5 cm³/mol. The summed E-state index contributed by atoms with van der Waals surface area (Å²) in [5, 5.41) is 28.9. The maximum absolute atomic E-state index is 10.5. The minimum Gasteiger partial charge on any atom is -0.502 e. The molecule has 0 spiro atoms. The fourth-order valence-corrected chi connectivity index (χ4v) is 1.20. The molecule has 6 heteroatoms. The summed E-state index contributed by atoms with van der Waals surface area (Å²) in [5.41, 5.74) is 5.42. The molecule has 4 N–H and O–H groups in total. The first kappa shape index (κ1) is 11.4. The largest absolute Gasteiger partial charge is 0.502 e. The van der Waals surface area contributed by atoms with E-state index >= 15 is 0 Å². The van der Waals surface area contributed by atoms with Gasteiger partial charge in [-0.2, -0.15) is 0 Å². The molecule has 0 heterocycles. The quantitative estimate of drug-likeness (QED) is 0.486. The fraction of sp³-hybridized carbons (Fsp3) is 0.333. The van der Waals surface area contributed by atoms with E-state index in [4.69, 9.17) is 10.8 Å². The molecule has 0 radical (unpaired) electrons. The molecule has 0 bridgehead atoms. The van der Waals surface area contributed by atoms with Crippen LogP contribution in [0.1, 0.15) is 5.56 Å². The highest BCUT2D eigenvalue weighted by atomic mass is 16.6. The normalized spacial score (nSPS) is 12.4. The second kappa shape index (κ2) is 4.72. The van der Waals surface area contributed by atoms with E-state index in [0.717, 1.165) is 0 Å². The Hall–Kier alpha value is -1.66. The lowest BCUT2D eigenvalue weighted by molar-refractivity contribution is -0.385. The number of aliphatic hydroxyl groups excluding tert-OH is 1. The van der Waals surface area contributed by atoms with Crippen LogP contribution in [0, 0.1) is 10.1 Å². The van der Waals surface area contributed by atoms with Crippen LogP contribution in [0.4, 0.5) is 5.69 Å². The standard InChI is InChI=1S/C9H12N2O4/c10-5-7(12)3-6-1-2-9(13)8(4-6)11(14)15/h1-2,4,7,12-13H,3,5,10H2. The highest BCUT2D eigenvalue weighted by molar-refractivity contribution is 5.47. The number of aromatic hydroxyl groups is 1. The highest BCUT2D eigenvalue weighted by Crippen LogP contribution is 2.26. The molecule has 82 valence electrons. The van der Waals surface area contributed by atoms with E-state index < -0.39 is 11.0 Å². The zero-order chi connectivity index (χ0) is 11.4. The van der Waals surface area contributed by atoms with E-state index in [9.17, 15) is 15.2 Å². The van der Waals surface area contributed by atoms with Crippen LogP contribution in [0.25, 0.3) is 0 Å². The summed E-state index contributed by atoms with van der Waals surface area (Å²) in [4.78, 5) is 9.81. The number of benzene rings is 1. The lowest BCUT2D eigenvalue weighted by atomic mass is 10.1. The first-order chi connectivity index (χ1) is 7.04. The summed E-state index contributed by atoms with van der Waals surface area (Å²) in [7, 11) is 0. The topological polar surface area (TPSA) is 110 Å². The first-order valence-corrected chi connectivity index (χ1v) is 4.39. The van der Waals surface area contributed by atoms with E-state index in [-0.39, 0.29) is 24.4 Å². The van der Waals surface area contributed by atoms with E-state index in [2.05, 4.69) is 0 Å². The van der Waals surface area contributed by atoms with E-state index in [1.54, 1.807) is 0 Å². The third-order valence-electron chi connectivity index (χ3n) is 1.98. The molecule has 1 rings (SSSR count). The van der Waals surface area contributed by atoms with E-state index in [0.29, 0.717) is 5.56 Å². The summed E-state index contributed by atoms with van der Waals surface area (Å²) < 4.78 is 0. The van der Waals surface area contributed by atoms with Crippen molar-refractivity contribution in [3.63, 3.8) is 0 Å². The monoisotopic (exact) mass is 212 g/mol. The third kappa shape index (κ3) is 2.90. The van der Waals surface area contributed by atoms with Crippen molar-refractivity contribution < 1.29 is 15.1 Å². The molecule has 0 saturated carbocycles. The molecule has 0 aliphatic heterocycles. The van der Waals surface area contributed by atoms with Crippen molar-refractivity contribution in [3.8, 4) is 5.75 Å². The van der Waals surface area contributed by atoms with Gasteiger partial charge in [-0.3, -0.25) is 10.1 Å². The van der Waals surface area contributed by atoms with Gasteiger partial charge in [0.05, 0.1) is 11.0 Å². The van der Waals surface area contributed by atoms with E-state index in [1.807, 2.05) is 0 Å². The van der Waals surface area contributed by atoms with Gasteiger partial charge in [0, 0.05) is 12.6 Å². The van der Waals surface area contributed by atoms with Gasteiger partial charge in [0.25, 0.3) is 0 Å². The molecule has 0 aliphatic rings. The smallest absolute Gasteiger partial charge is 0.310 e. The van der Waals surface area contributed by atoms with Crippen LogP contribution >= 0.6 is 0 Å². The molecule has 1 aromatic rings. The maximum atomic E-state index is 10.5. The molecular formula is C9H12N2O4. The Kier molecular flexibility index (Phi) is 3.59. The molecule has 0 aliphatic carbocycles. The number of phenols is 1. The number of hydrogen-bond acceptors (Lipinski definition) is 5. The molecule has 1 atom stereocenters. The number of hydrogen-bond donors (Lipinski definition) is 3. The maximum Gasteiger partial charge on any atom is 0.310 e. The van der Waals surface area contributed by atoms with Crippen molar-refractivity contribution in [2.45, 2.75) is 12.5 Å². The van der Waals surface area contributed by atoms with Crippen LogP contribution in [-0.4, -0.2) is 27.8 Å². The summed E-state index contributed by atoms with van der Waals surface area (Å²) in [6.07, 6.45) is -0.494. The van der Waals surface area contributed by atoms with Gasteiger partial charge in [-0.05, 0) is 18.1 Å². The molecule has 1 aromatic carbocycles. The second-order valence-corrected chi connectivity index (χ2v) is 3.17. The SMILES string of the molecule is NCC(O)Cc1ccc(O)c([N+](=O)[O-])c1. The Bertz CT molecular complexity index is 367. The van der Waals surface area contributed by atoms with Gasteiger partial charge in [0.2, 0.25) is 0 Å². The summed E-state index contributed by atoms with van der Waals surface area (Å²) in [6, 6.07) is 3.98. The second-order valence-electron chi connectivity index (χ2n) is 3.17. The Labute approximate surface area is 86.1 Å². The van der Waals surface area contributed by atoms with Gasteiger partial charge in [0.1, 0.15) is 0 Å². The number of nitro benzene ring substituents is 1. The van der Waals surface area contributed by atoms with Gasteiger partial charge in [-0.25, -0.2) is 0 Å². The lowest BCUT2D eigenvalue weighted by Gasteiger charge is -2.07. The van der Waals surface area contributed by atoms with Crippen LogP contribution in [-0.2, 0) is 6.42 Å². The van der Waals surface area contributed by atoms with Gasteiger partial charge in [0.15, 0.2) is 5.75 Å². The average Bonchev–Trinajstić information content (AvgIpc) is 2.20.